The van der Waals surface area contributed by atoms with Gasteiger partial charge in [-0.25, -0.2) is 9.79 Å². The highest BCUT2D eigenvalue weighted by Crippen LogP contribution is 2.39. The quantitative estimate of drug-likeness (QED) is 0.655. The third-order valence-electron chi connectivity index (χ3n) is 4.73. The van der Waals surface area contributed by atoms with E-state index in [1.54, 1.807) is 19.1 Å². The van der Waals surface area contributed by atoms with Gasteiger partial charge in [-0.2, -0.15) is 0 Å². The van der Waals surface area contributed by atoms with E-state index in [-0.39, 0.29) is 18.1 Å². The molecule has 2 unspecified atom stereocenters. The number of nitrogens with one attached hydrogen (secondary N) is 1. The first-order valence-electron chi connectivity index (χ1n) is 8.94. The minimum Gasteiger partial charge on any atom is -0.503 e. The van der Waals surface area contributed by atoms with Crippen LogP contribution in [0.3, 0.4) is 0 Å². The van der Waals surface area contributed by atoms with E-state index in [2.05, 4.69) is 26.2 Å². The van der Waals surface area contributed by atoms with Gasteiger partial charge in [0.25, 0.3) is 0 Å². The number of urea groups is 1. The Morgan fingerprint density at radius 2 is 1.93 bits per heavy atom. The zero-order valence-electron chi connectivity index (χ0n) is 16.2. The lowest BCUT2D eigenvalue weighted by molar-refractivity contribution is -0.148. The van der Waals surface area contributed by atoms with E-state index in [9.17, 15) is 14.7 Å². The molecule has 0 saturated heterocycles. The summed E-state index contributed by atoms with van der Waals surface area (Å²) in [7, 11) is 1.42. The normalized spacial score (nSPS) is 18.6. The second-order valence-electron chi connectivity index (χ2n) is 6.80. The molecule has 1 aliphatic rings. The van der Waals surface area contributed by atoms with E-state index in [1.165, 1.54) is 7.11 Å². The van der Waals surface area contributed by atoms with E-state index >= 15 is 0 Å². The Morgan fingerprint density at radius 1 is 1.24 bits per heavy atom. The van der Waals surface area contributed by atoms with Gasteiger partial charge >= 0.3 is 12.0 Å². The summed E-state index contributed by atoms with van der Waals surface area (Å²) in [5.74, 6) is -1.16. The number of ether oxygens (including phenoxy) is 2. The van der Waals surface area contributed by atoms with Gasteiger partial charge in [0.15, 0.2) is 11.5 Å². The summed E-state index contributed by atoms with van der Waals surface area (Å²) in [6.45, 7) is 3.72. The zero-order chi connectivity index (χ0) is 21.1. The van der Waals surface area contributed by atoms with Crippen molar-refractivity contribution in [3.05, 3.63) is 57.6 Å². The summed E-state index contributed by atoms with van der Waals surface area (Å²) in [5.41, 5.74) is 2.91. The molecular formula is C21H21BrN2O5. The van der Waals surface area contributed by atoms with Crippen LogP contribution < -0.4 is 10.1 Å². The number of esters is 1. The van der Waals surface area contributed by atoms with Crippen LogP contribution >= 0.6 is 15.9 Å². The second kappa shape index (κ2) is 8.65. The molecule has 2 atom stereocenters. The van der Waals surface area contributed by atoms with Crippen molar-refractivity contribution in [3.63, 3.8) is 0 Å². The van der Waals surface area contributed by atoms with E-state index in [1.807, 2.05) is 31.2 Å². The molecular weight excluding hydrogens is 440 g/mol. The molecule has 2 aromatic rings. The largest absolute Gasteiger partial charge is 0.503 e. The molecule has 2 aromatic carbocycles. The summed E-state index contributed by atoms with van der Waals surface area (Å²) >= 11 is 3.27. The Morgan fingerprint density at radius 3 is 2.59 bits per heavy atom. The number of aryl methyl sites for hydroxylation is 1. The average molecular weight is 461 g/mol. The average Bonchev–Trinajstić information content (AvgIpc) is 2.68. The fraction of sp³-hybridized carbons (Fsp3) is 0.286. The number of aromatic hydroxyl groups is 1. The first-order chi connectivity index (χ1) is 13.8. The van der Waals surface area contributed by atoms with Gasteiger partial charge in [0, 0.05) is 5.71 Å². The van der Waals surface area contributed by atoms with Crippen molar-refractivity contribution >= 4 is 33.6 Å². The number of aliphatic imine (C=N–C) groups is 1. The predicted molar refractivity (Wildman–Crippen MR) is 111 cm³/mol. The van der Waals surface area contributed by atoms with Crippen LogP contribution in [0, 0.1) is 12.8 Å². The number of phenols is 1. The number of amides is 2. The molecule has 0 saturated carbocycles. The molecule has 7 nitrogen and oxygen atoms in total. The topological polar surface area (TPSA) is 97.2 Å². The molecule has 2 amide bonds. The second-order valence-corrected chi connectivity index (χ2v) is 7.66. The SMILES string of the molecule is COc1cc(C2NC(=O)N=C(C)C2C(=O)OCc2ccc(C)cc2)cc(Br)c1O. The fourth-order valence-corrected chi connectivity index (χ4v) is 3.62. The van der Waals surface area contributed by atoms with Gasteiger partial charge in [0.1, 0.15) is 12.5 Å². The molecule has 8 heteroatoms. The van der Waals surface area contributed by atoms with Crippen LogP contribution in [0.4, 0.5) is 4.79 Å². The predicted octanol–water partition coefficient (Wildman–Crippen LogP) is 4.06. The van der Waals surface area contributed by atoms with Crippen LogP contribution in [0.5, 0.6) is 11.5 Å². The maximum absolute atomic E-state index is 12.9. The van der Waals surface area contributed by atoms with Gasteiger partial charge in [0.2, 0.25) is 0 Å². The van der Waals surface area contributed by atoms with Crippen molar-refractivity contribution in [1.29, 1.82) is 0 Å². The standard InChI is InChI=1S/C21H21BrN2O5/c1-11-4-6-13(7-5-11)10-29-20(26)17-12(2)23-21(27)24-18(17)14-8-15(22)19(25)16(9-14)28-3/h4-9,17-18,25H,10H2,1-3H3,(H,24,27). The minimum atomic E-state index is -0.806. The molecule has 0 spiro atoms. The van der Waals surface area contributed by atoms with Crippen LogP contribution in [0.15, 0.2) is 45.9 Å². The summed E-state index contributed by atoms with van der Waals surface area (Å²) in [6, 6.07) is 9.62. The molecule has 2 N–H and O–H groups in total. The number of hydrogen-bond donors (Lipinski definition) is 2. The van der Waals surface area contributed by atoms with Crippen LogP contribution in [-0.4, -0.2) is 29.9 Å². The van der Waals surface area contributed by atoms with Crippen molar-refractivity contribution in [1.82, 2.24) is 5.32 Å². The lowest BCUT2D eigenvalue weighted by atomic mass is 9.88. The number of carbonyl (C=O) groups excluding carboxylic acids is 2. The maximum Gasteiger partial charge on any atom is 0.341 e. The Balaban J connectivity index is 1.88. The van der Waals surface area contributed by atoms with Crippen LogP contribution in [0.1, 0.15) is 29.7 Å². The van der Waals surface area contributed by atoms with Crippen molar-refractivity contribution in [2.45, 2.75) is 26.5 Å². The van der Waals surface area contributed by atoms with Gasteiger partial charge in [-0.1, -0.05) is 29.8 Å². The monoisotopic (exact) mass is 460 g/mol. The van der Waals surface area contributed by atoms with Gasteiger partial charge in [-0.3, -0.25) is 4.79 Å². The van der Waals surface area contributed by atoms with E-state index < -0.39 is 24.0 Å². The van der Waals surface area contributed by atoms with E-state index in [0.717, 1.165) is 11.1 Å². The van der Waals surface area contributed by atoms with E-state index in [4.69, 9.17) is 9.47 Å². The summed E-state index contributed by atoms with van der Waals surface area (Å²) in [6.07, 6.45) is 0. The summed E-state index contributed by atoms with van der Waals surface area (Å²) in [5, 5.41) is 12.8. The Labute approximate surface area is 176 Å². The number of phenolic OH excluding ortho intramolecular Hbond substituents is 1. The lowest BCUT2D eigenvalue weighted by Crippen LogP contribution is -2.44. The minimum absolute atomic E-state index is 0.0673. The number of carbonyl (C=O) groups is 2. The fourth-order valence-electron chi connectivity index (χ4n) is 3.16. The van der Waals surface area contributed by atoms with Gasteiger partial charge in [-0.15, -0.1) is 0 Å². The highest BCUT2D eigenvalue weighted by Gasteiger charge is 2.38. The molecule has 1 heterocycles. The molecule has 0 fully saturated rings. The summed E-state index contributed by atoms with van der Waals surface area (Å²) in [4.78, 5) is 28.8. The molecule has 0 aliphatic carbocycles. The van der Waals surface area contributed by atoms with Gasteiger partial charge in [-0.05, 0) is 53.0 Å². The Kier molecular flexibility index (Phi) is 6.22. The first-order valence-corrected chi connectivity index (χ1v) is 9.73. The maximum atomic E-state index is 12.9. The van der Waals surface area contributed by atoms with Crippen molar-refractivity contribution in [2.75, 3.05) is 7.11 Å². The van der Waals surface area contributed by atoms with Crippen molar-refractivity contribution in [2.24, 2.45) is 10.9 Å². The molecule has 1 aliphatic heterocycles. The summed E-state index contributed by atoms with van der Waals surface area (Å²) < 4.78 is 11.1. The zero-order valence-corrected chi connectivity index (χ0v) is 17.8. The van der Waals surface area contributed by atoms with Gasteiger partial charge < -0.3 is 19.9 Å². The van der Waals surface area contributed by atoms with Gasteiger partial charge in [0.05, 0.1) is 17.6 Å². The van der Waals surface area contributed by atoms with Crippen molar-refractivity contribution in [3.8, 4) is 11.5 Å². The van der Waals surface area contributed by atoms with Crippen LogP contribution in [0.25, 0.3) is 0 Å². The lowest BCUT2D eigenvalue weighted by Gasteiger charge is -2.30. The van der Waals surface area contributed by atoms with E-state index in [0.29, 0.717) is 15.7 Å². The molecule has 152 valence electrons. The molecule has 0 radical (unpaired) electrons. The third kappa shape index (κ3) is 4.59. The van der Waals surface area contributed by atoms with Crippen molar-refractivity contribution < 1.29 is 24.2 Å². The number of hydrogen-bond acceptors (Lipinski definition) is 5. The number of benzene rings is 2. The highest BCUT2D eigenvalue weighted by molar-refractivity contribution is 9.10. The highest BCUT2D eigenvalue weighted by atomic mass is 79.9. The van der Waals surface area contributed by atoms with Crippen LogP contribution in [0.2, 0.25) is 0 Å². The molecule has 3 rings (SSSR count). The molecule has 0 aromatic heterocycles. The number of rotatable bonds is 5. The number of methoxy groups -OCH3 is 1. The Hall–Kier alpha value is -2.87. The molecule has 29 heavy (non-hydrogen) atoms. The molecule has 0 bridgehead atoms. The first kappa shape index (κ1) is 20.9. The number of nitrogens with zero attached hydrogens (tertiary/aromatic N) is 1. The Bertz CT molecular complexity index is 972. The van der Waals surface area contributed by atoms with Crippen LogP contribution in [-0.2, 0) is 16.1 Å². The smallest absolute Gasteiger partial charge is 0.341 e. The number of halogens is 1. The third-order valence-corrected chi connectivity index (χ3v) is 5.33.